The van der Waals surface area contributed by atoms with Crippen molar-refractivity contribution in [2.45, 2.75) is 18.1 Å². The molecule has 2 atom stereocenters. The number of H-pyrrole nitrogens is 1. The van der Waals surface area contributed by atoms with Gasteiger partial charge in [-0.05, 0) is 47.9 Å². The summed E-state index contributed by atoms with van der Waals surface area (Å²) in [6.07, 6.45) is 3.51. The lowest BCUT2D eigenvalue weighted by atomic mass is 9.70. The number of hydrogen-bond acceptors (Lipinski definition) is 1. The number of aromatic amines is 1. The Balaban J connectivity index is 2.02. The highest BCUT2D eigenvalue weighted by atomic mass is 35.5. The fourth-order valence-corrected chi connectivity index (χ4v) is 4.94. The maximum atomic E-state index is 15.1. The molecule has 154 valence electrons. The average Bonchev–Trinajstić information content (AvgIpc) is 3.13. The number of fused-ring (bicyclic) bond motifs is 1. The molecule has 3 aromatic carbocycles. The van der Waals surface area contributed by atoms with Gasteiger partial charge in [0.15, 0.2) is 0 Å². The van der Waals surface area contributed by atoms with E-state index in [9.17, 15) is 8.60 Å². The number of rotatable bonds is 5. The van der Waals surface area contributed by atoms with E-state index in [1.165, 1.54) is 18.2 Å². The Morgan fingerprint density at radius 2 is 1.77 bits per heavy atom. The third kappa shape index (κ3) is 3.57. The molecule has 4 rings (SSSR count). The van der Waals surface area contributed by atoms with Crippen molar-refractivity contribution in [1.29, 1.82) is 0 Å². The van der Waals surface area contributed by atoms with Crippen molar-refractivity contribution in [2.75, 3.05) is 6.26 Å². The van der Waals surface area contributed by atoms with Crippen LogP contribution >= 0.6 is 11.6 Å². The lowest BCUT2D eigenvalue weighted by molar-refractivity contribution is 0.567. The minimum absolute atomic E-state index is 0.310. The molecule has 2 unspecified atom stereocenters. The SMILES string of the molecule is CS(=O)Cc1cccc2c(C(C)(c3ccc(F)cc3)c3ccc(Cl)cc3F)c[nH]c12. The average molecular weight is 444 g/mol. The molecule has 0 aliphatic heterocycles. The second-order valence-electron chi connectivity index (χ2n) is 7.52. The summed E-state index contributed by atoms with van der Waals surface area (Å²) in [5.41, 5.74) is 2.90. The van der Waals surface area contributed by atoms with E-state index in [-0.39, 0.29) is 5.82 Å². The van der Waals surface area contributed by atoms with Gasteiger partial charge in [-0.1, -0.05) is 48.0 Å². The summed E-state index contributed by atoms with van der Waals surface area (Å²) in [6.45, 7) is 1.92. The predicted molar refractivity (Wildman–Crippen MR) is 119 cm³/mol. The van der Waals surface area contributed by atoms with Crippen LogP contribution in [0.3, 0.4) is 0 Å². The van der Waals surface area contributed by atoms with Crippen LogP contribution in [0.1, 0.15) is 29.2 Å². The van der Waals surface area contributed by atoms with Crippen molar-refractivity contribution >= 4 is 33.3 Å². The maximum absolute atomic E-state index is 15.1. The van der Waals surface area contributed by atoms with Crippen molar-refractivity contribution in [3.05, 3.63) is 106 Å². The van der Waals surface area contributed by atoms with Gasteiger partial charge in [0, 0.05) is 50.2 Å². The first-order valence-corrected chi connectivity index (χ1v) is 11.5. The molecule has 0 aliphatic rings. The molecule has 30 heavy (non-hydrogen) atoms. The van der Waals surface area contributed by atoms with Crippen molar-refractivity contribution < 1.29 is 13.0 Å². The smallest absolute Gasteiger partial charge is 0.129 e. The van der Waals surface area contributed by atoms with Gasteiger partial charge in [-0.15, -0.1) is 0 Å². The third-order valence-corrected chi connectivity index (χ3v) is 6.54. The molecule has 0 saturated heterocycles. The normalized spacial score (nSPS) is 14.6. The molecular formula is C24H20ClF2NOS. The van der Waals surface area contributed by atoms with Gasteiger partial charge in [-0.2, -0.15) is 0 Å². The molecule has 0 spiro atoms. The van der Waals surface area contributed by atoms with Gasteiger partial charge < -0.3 is 4.98 Å². The minimum Gasteiger partial charge on any atom is -0.361 e. The Labute approximate surface area is 181 Å². The van der Waals surface area contributed by atoms with Crippen LogP contribution in [-0.2, 0) is 22.0 Å². The molecule has 0 bridgehead atoms. The zero-order valence-corrected chi connectivity index (χ0v) is 18.1. The molecular weight excluding hydrogens is 424 g/mol. The standard InChI is InChI=1S/C24H20ClF2NOS/c1-24(16-6-9-18(26)10-7-16,20-11-8-17(25)12-22(20)27)21-13-28-23-15(14-30(2)29)4-3-5-19(21)23/h3-13,28H,14H2,1-2H3. The first-order valence-electron chi connectivity index (χ1n) is 9.41. The fourth-order valence-electron chi connectivity index (χ4n) is 4.10. The van der Waals surface area contributed by atoms with Crippen LogP contribution in [0.5, 0.6) is 0 Å². The number of nitrogens with one attached hydrogen (secondary N) is 1. The summed E-state index contributed by atoms with van der Waals surface area (Å²) in [4.78, 5) is 3.29. The van der Waals surface area contributed by atoms with Crippen LogP contribution in [0.15, 0.2) is 66.9 Å². The van der Waals surface area contributed by atoms with E-state index in [2.05, 4.69) is 4.98 Å². The van der Waals surface area contributed by atoms with E-state index in [0.717, 1.165) is 27.6 Å². The van der Waals surface area contributed by atoms with Gasteiger partial charge in [-0.3, -0.25) is 4.21 Å². The Morgan fingerprint density at radius 1 is 1.03 bits per heavy atom. The number of hydrogen-bond donors (Lipinski definition) is 1. The predicted octanol–water partition coefficient (Wildman–Crippen LogP) is 6.33. The van der Waals surface area contributed by atoms with E-state index >= 15 is 4.39 Å². The van der Waals surface area contributed by atoms with Crippen LogP contribution in [0.4, 0.5) is 8.78 Å². The Kier molecular flexibility index (Phi) is 5.51. The lowest BCUT2D eigenvalue weighted by Gasteiger charge is -2.31. The highest BCUT2D eigenvalue weighted by molar-refractivity contribution is 7.83. The van der Waals surface area contributed by atoms with Crippen LogP contribution in [0.25, 0.3) is 10.9 Å². The number of para-hydroxylation sites is 1. The second-order valence-corrected chi connectivity index (χ2v) is 9.39. The van der Waals surface area contributed by atoms with E-state index in [1.54, 1.807) is 30.5 Å². The minimum atomic E-state index is -1.00. The molecule has 1 aromatic heterocycles. The van der Waals surface area contributed by atoms with Crippen molar-refractivity contribution in [3.63, 3.8) is 0 Å². The molecule has 2 nitrogen and oxygen atoms in total. The first-order chi connectivity index (χ1) is 14.3. The number of benzene rings is 3. The van der Waals surface area contributed by atoms with Gasteiger partial charge >= 0.3 is 0 Å². The largest absolute Gasteiger partial charge is 0.361 e. The van der Waals surface area contributed by atoms with Crippen LogP contribution < -0.4 is 0 Å². The summed E-state index contributed by atoms with van der Waals surface area (Å²) < 4.78 is 40.6. The summed E-state index contributed by atoms with van der Waals surface area (Å²) in [5.74, 6) is -0.376. The molecule has 4 aromatic rings. The van der Waals surface area contributed by atoms with Crippen LogP contribution in [0.2, 0.25) is 5.02 Å². The molecule has 0 aliphatic carbocycles. The topological polar surface area (TPSA) is 32.9 Å². The maximum Gasteiger partial charge on any atom is 0.129 e. The van der Waals surface area contributed by atoms with E-state index in [1.807, 2.05) is 31.3 Å². The summed E-state index contributed by atoms with van der Waals surface area (Å²) in [6, 6.07) is 16.5. The van der Waals surface area contributed by atoms with Gasteiger partial charge in [0.1, 0.15) is 11.6 Å². The molecule has 1 N–H and O–H groups in total. The fraction of sp³-hybridized carbons (Fsp3) is 0.167. The van der Waals surface area contributed by atoms with Gasteiger partial charge in [-0.25, -0.2) is 8.78 Å². The van der Waals surface area contributed by atoms with Gasteiger partial charge in [0.25, 0.3) is 0 Å². The molecule has 1 heterocycles. The summed E-state index contributed by atoms with van der Waals surface area (Å²) in [7, 11) is -1.00. The molecule has 0 fully saturated rings. The van der Waals surface area contributed by atoms with E-state index in [4.69, 9.17) is 11.6 Å². The lowest BCUT2D eigenvalue weighted by Crippen LogP contribution is -2.26. The molecule has 0 amide bonds. The Morgan fingerprint density at radius 3 is 2.43 bits per heavy atom. The highest BCUT2D eigenvalue weighted by Gasteiger charge is 2.36. The summed E-state index contributed by atoms with van der Waals surface area (Å²) in [5, 5.41) is 1.21. The zero-order chi connectivity index (χ0) is 21.5. The monoisotopic (exact) mass is 443 g/mol. The number of aromatic nitrogens is 1. The quantitative estimate of drug-likeness (QED) is 0.384. The van der Waals surface area contributed by atoms with Gasteiger partial charge in [0.05, 0.1) is 5.75 Å². The van der Waals surface area contributed by atoms with Gasteiger partial charge in [0.2, 0.25) is 0 Å². The first kappa shape index (κ1) is 20.8. The zero-order valence-electron chi connectivity index (χ0n) is 16.5. The van der Waals surface area contributed by atoms with Crippen LogP contribution in [0, 0.1) is 11.6 Å². The van der Waals surface area contributed by atoms with Crippen LogP contribution in [-0.4, -0.2) is 15.4 Å². The molecule has 6 heteroatoms. The third-order valence-electron chi connectivity index (χ3n) is 5.59. The second kappa shape index (κ2) is 7.97. The van der Waals surface area contributed by atoms with E-state index in [0.29, 0.717) is 16.3 Å². The van der Waals surface area contributed by atoms with E-state index < -0.39 is 22.0 Å². The summed E-state index contributed by atoms with van der Waals surface area (Å²) >= 11 is 6.00. The molecule has 0 radical (unpaired) electrons. The Bertz CT molecular complexity index is 1250. The molecule has 0 saturated carbocycles. The van der Waals surface area contributed by atoms with Crippen molar-refractivity contribution in [1.82, 2.24) is 4.98 Å². The van der Waals surface area contributed by atoms with Crippen molar-refractivity contribution in [3.8, 4) is 0 Å². The number of halogens is 3. The van der Waals surface area contributed by atoms with Crippen molar-refractivity contribution in [2.24, 2.45) is 0 Å². The highest BCUT2D eigenvalue weighted by Crippen LogP contribution is 2.44. The Hall–Kier alpha value is -2.50.